The molecular weight excluding hydrogens is 352 g/mol. The molecule has 0 aliphatic rings. The smallest absolute Gasteiger partial charge is 0.325 e. The Bertz CT molecular complexity index is 1060. The van der Waals surface area contributed by atoms with Crippen LogP contribution in [0, 0.1) is 6.92 Å². The molecule has 1 aromatic carbocycles. The van der Waals surface area contributed by atoms with Crippen molar-refractivity contribution in [2.45, 2.75) is 20.4 Å². The number of aryl methyl sites for hydroxylation is 1. The molecule has 2 heterocycles. The molecule has 27 heavy (non-hydrogen) atoms. The lowest BCUT2D eigenvalue weighted by molar-refractivity contribution is -0.143. The minimum atomic E-state index is -0.548. The van der Waals surface area contributed by atoms with Gasteiger partial charge < -0.3 is 10.1 Å². The summed E-state index contributed by atoms with van der Waals surface area (Å²) < 4.78 is 7.30. The van der Waals surface area contributed by atoms with Gasteiger partial charge >= 0.3 is 5.97 Å². The summed E-state index contributed by atoms with van der Waals surface area (Å²) in [4.78, 5) is 40.0. The Morgan fingerprint density at radius 2 is 2.11 bits per heavy atom. The minimum Gasteiger partial charge on any atom is -0.465 e. The van der Waals surface area contributed by atoms with Gasteiger partial charge in [0.1, 0.15) is 19.4 Å². The number of carbonyl (C=O) groups is 2. The molecule has 0 atom stereocenters. The van der Waals surface area contributed by atoms with Crippen LogP contribution < -0.4 is 10.9 Å². The Hall–Kier alpha value is -3.56. The summed E-state index contributed by atoms with van der Waals surface area (Å²) in [5, 5.41) is 10.3. The Kier molecular flexibility index (Phi) is 5.25. The predicted octanol–water partition coefficient (Wildman–Crippen LogP) is -0.0351. The average Bonchev–Trinajstić information content (AvgIpc) is 3.07. The van der Waals surface area contributed by atoms with Gasteiger partial charge in [0.15, 0.2) is 11.2 Å². The molecule has 0 aliphatic carbocycles. The monoisotopic (exact) mass is 370 g/mol. The zero-order chi connectivity index (χ0) is 19.4. The molecule has 1 amide bonds. The first kappa shape index (κ1) is 18.2. The second kappa shape index (κ2) is 7.77. The van der Waals surface area contributed by atoms with E-state index in [1.54, 1.807) is 6.92 Å². The topological polar surface area (TPSA) is 121 Å². The molecule has 1 N–H and O–H groups in total. The fourth-order valence-corrected chi connectivity index (χ4v) is 2.48. The molecule has 0 bridgehead atoms. The molecule has 10 heteroatoms. The van der Waals surface area contributed by atoms with Gasteiger partial charge in [0.05, 0.1) is 12.3 Å². The highest BCUT2D eigenvalue weighted by molar-refractivity contribution is 5.82. The number of nitrogens with zero attached hydrogens (tertiary/aromatic N) is 5. The van der Waals surface area contributed by atoms with Crippen molar-refractivity contribution in [2.75, 3.05) is 13.2 Å². The summed E-state index contributed by atoms with van der Waals surface area (Å²) in [5.74, 6) is -1.06. The zero-order valence-electron chi connectivity index (χ0n) is 14.9. The molecule has 0 saturated carbocycles. The van der Waals surface area contributed by atoms with Crippen molar-refractivity contribution in [3.05, 3.63) is 46.5 Å². The number of aromatic nitrogens is 5. The van der Waals surface area contributed by atoms with Gasteiger partial charge in [0.2, 0.25) is 5.91 Å². The molecule has 2 aromatic heterocycles. The van der Waals surface area contributed by atoms with Crippen LogP contribution >= 0.6 is 0 Å². The summed E-state index contributed by atoms with van der Waals surface area (Å²) in [5.41, 5.74) is 1.62. The first-order valence-electron chi connectivity index (χ1n) is 8.29. The molecule has 0 aliphatic heterocycles. The van der Waals surface area contributed by atoms with E-state index in [1.807, 2.05) is 31.2 Å². The number of benzene rings is 1. The molecule has 10 nitrogen and oxygen atoms in total. The Morgan fingerprint density at radius 3 is 2.85 bits per heavy atom. The van der Waals surface area contributed by atoms with E-state index >= 15 is 0 Å². The third-order valence-electron chi connectivity index (χ3n) is 3.72. The van der Waals surface area contributed by atoms with Crippen LogP contribution in [-0.2, 0) is 20.9 Å². The Morgan fingerprint density at radius 1 is 1.30 bits per heavy atom. The van der Waals surface area contributed by atoms with Crippen molar-refractivity contribution in [2.24, 2.45) is 0 Å². The number of hydrogen-bond donors (Lipinski definition) is 1. The highest BCUT2D eigenvalue weighted by Gasteiger charge is 2.15. The van der Waals surface area contributed by atoms with Crippen molar-refractivity contribution in [3.8, 4) is 5.69 Å². The zero-order valence-corrected chi connectivity index (χ0v) is 14.9. The minimum absolute atomic E-state index is 0.0530. The number of hydrogen-bond acceptors (Lipinski definition) is 7. The summed E-state index contributed by atoms with van der Waals surface area (Å²) >= 11 is 0. The Balaban J connectivity index is 1.81. The second-order valence-electron chi connectivity index (χ2n) is 5.77. The fourth-order valence-electron chi connectivity index (χ4n) is 2.48. The van der Waals surface area contributed by atoms with Gasteiger partial charge in [-0.05, 0) is 31.5 Å². The molecule has 0 spiro atoms. The summed E-state index contributed by atoms with van der Waals surface area (Å²) in [6.45, 7) is 3.28. The maximum absolute atomic E-state index is 12.6. The van der Waals surface area contributed by atoms with Gasteiger partial charge in [-0.15, -0.1) is 5.10 Å². The number of carbonyl (C=O) groups excluding carboxylic acids is 2. The SMILES string of the molecule is CCOC(=O)CNC(=O)Cn1cnc2c(nnn2-c2cccc(C)c2)c1=O. The van der Waals surface area contributed by atoms with E-state index in [1.165, 1.54) is 11.0 Å². The highest BCUT2D eigenvalue weighted by atomic mass is 16.5. The van der Waals surface area contributed by atoms with Gasteiger partial charge in [0.25, 0.3) is 5.56 Å². The van der Waals surface area contributed by atoms with Gasteiger partial charge in [-0.25, -0.2) is 4.98 Å². The van der Waals surface area contributed by atoms with E-state index in [9.17, 15) is 14.4 Å². The van der Waals surface area contributed by atoms with E-state index < -0.39 is 17.4 Å². The molecule has 0 saturated heterocycles. The molecule has 3 rings (SSSR count). The molecule has 140 valence electrons. The van der Waals surface area contributed by atoms with Crippen LogP contribution in [0.5, 0.6) is 0 Å². The van der Waals surface area contributed by atoms with Gasteiger partial charge in [0, 0.05) is 0 Å². The number of esters is 1. The predicted molar refractivity (Wildman–Crippen MR) is 95.3 cm³/mol. The average molecular weight is 370 g/mol. The maximum Gasteiger partial charge on any atom is 0.325 e. The lowest BCUT2D eigenvalue weighted by Crippen LogP contribution is -2.36. The molecule has 0 fully saturated rings. The largest absolute Gasteiger partial charge is 0.465 e. The number of ether oxygens (including phenoxy) is 1. The first-order valence-corrected chi connectivity index (χ1v) is 8.29. The van der Waals surface area contributed by atoms with Crippen LogP contribution in [-0.4, -0.2) is 49.6 Å². The molecule has 0 unspecified atom stereocenters. The second-order valence-corrected chi connectivity index (χ2v) is 5.77. The van der Waals surface area contributed by atoms with Crippen LogP contribution in [0.3, 0.4) is 0 Å². The van der Waals surface area contributed by atoms with Gasteiger partial charge in [-0.2, -0.15) is 4.68 Å². The van der Waals surface area contributed by atoms with Crippen LogP contribution in [0.15, 0.2) is 35.4 Å². The fraction of sp³-hybridized carbons (Fsp3) is 0.294. The summed E-state index contributed by atoms with van der Waals surface area (Å²) in [6.07, 6.45) is 1.25. The molecule has 3 aromatic rings. The van der Waals surface area contributed by atoms with Crippen molar-refractivity contribution in [3.63, 3.8) is 0 Å². The first-order chi connectivity index (χ1) is 13.0. The van der Waals surface area contributed by atoms with E-state index in [4.69, 9.17) is 4.74 Å². The normalized spacial score (nSPS) is 10.7. The Labute approximate surface area is 153 Å². The lowest BCUT2D eigenvalue weighted by Gasteiger charge is -2.07. The van der Waals surface area contributed by atoms with Crippen LogP contribution in [0.1, 0.15) is 12.5 Å². The number of rotatable bonds is 6. The molecule has 0 radical (unpaired) electrons. The summed E-state index contributed by atoms with van der Waals surface area (Å²) in [6, 6.07) is 7.53. The third-order valence-corrected chi connectivity index (χ3v) is 3.72. The third kappa shape index (κ3) is 4.00. The number of nitrogens with one attached hydrogen (secondary N) is 1. The standard InChI is InChI=1S/C17H18N6O4/c1-3-27-14(25)8-18-13(24)9-22-10-19-16-15(17(22)26)20-21-23(16)12-6-4-5-11(2)7-12/h4-7,10H,3,8-9H2,1-2H3,(H,18,24). The van der Waals surface area contributed by atoms with E-state index in [0.717, 1.165) is 15.8 Å². The van der Waals surface area contributed by atoms with Crippen molar-refractivity contribution in [1.82, 2.24) is 29.9 Å². The van der Waals surface area contributed by atoms with E-state index in [-0.39, 0.29) is 25.2 Å². The van der Waals surface area contributed by atoms with Crippen molar-refractivity contribution in [1.29, 1.82) is 0 Å². The van der Waals surface area contributed by atoms with Crippen molar-refractivity contribution >= 4 is 23.0 Å². The van der Waals surface area contributed by atoms with E-state index in [0.29, 0.717) is 5.65 Å². The maximum atomic E-state index is 12.6. The molecular formula is C17H18N6O4. The number of fused-ring (bicyclic) bond motifs is 1. The van der Waals surface area contributed by atoms with Crippen molar-refractivity contribution < 1.29 is 14.3 Å². The van der Waals surface area contributed by atoms with Crippen LogP contribution in [0.4, 0.5) is 0 Å². The van der Waals surface area contributed by atoms with Gasteiger partial charge in [-0.3, -0.25) is 19.0 Å². The quantitative estimate of drug-likeness (QED) is 0.605. The van der Waals surface area contributed by atoms with Crippen LogP contribution in [0.25, 0.3) is 16.9 Å². The number of amides is 1. The van der Waals surface area contributed by atoms with E-state index in [2.05, 4.69) is 20.6 Å². The highest BCUT2D eigenvalue weighted by Crippen LogP contribution is 2.13. The van der Waals surface area contributed by atoms with Crippen LogP contribution in [0.2, 0.25) is 0 Å². The van der Waals surface area contributed by atoms with Gasteiger partial charge in [-0.1, -0.05) is 17.3 Å². The summed E-state index contributed by atoms with van der Waals surface area (Å²) in [7, 11) is 0. The lowest BCUT2D eigenvalue weighted by atomic mass is 10.2.